The van der Waals surface area contributed by atoms with Gasteiger partial charge in [0.05, 0.1) is 13.2 Å². The molecular formula is C43H47BrN2O3. The fraction of sp³-hybridized carbons (Fsp3) is 0.419. The van der Waals surface area contributed by atoms with Crippen molar-refractivity contribution in [2.75, 3.05) is 31.6 Å². The number of halogens is 1. The van der Waals surface area contributed by atoms with Crippen molar-refractivity contribution in [3.05, 3.63) is 136 Å². The summed E-state index contributed by atoms with van der Waals surface area (Å²) in [4.78, 5) is 18.4. The Balaban J connectivity index is 1.31. The second kappa shape index (κ2) is 14.0. The molecule has 6 heteroatoms. The van der Waals surface area contributed by atoms with Gasteiger partial charge in [-0.1, -0.05) is 107 Å². The Morgan fingerprint density at radius 3 is 1.92 bits per heavy atom. The lowest BCUT2D eigenvalue weighted by molar-refractivity contribution is -0.193. The molecule has 4 aliphatic carbocycles. The molecule has 49 heavy (non-hydrogen) atoms. The minimum Gasteiger partial charge on any atom is -0.457 e. The van der Waals surface area contributed by atoms with Crippen LogP contribution < -0.4 is 5.32 Å². The lowest BCUT2D eigenvalue weighted by Gasteiger charge is -2.56. The van der Waals surface area contributed by atoms with Crippen LogP contribution in [-0.2, 0) is 19.8 Å². The van der Waals surface area contributed by atoms with Crippen LogP contribution in [0.1, 0.15) is 73.6 Å². The number of hydrogen-bond acceptors (Lipinski definition) is 5. The van der Waals surface area contributed by atoms with E-state index in [1.165, 1.54) is 24.8 Å². The molecule has 5 nitrogen and oxygen atoms in total. The zero-order chi connectivity index (χ0) is 33.3. The van der Waals surface area contributed by atoms with Gasteiger partial charge in [-0.05, 0) is 104 Å². The number of ether oxygens (including phenoxy) is 2. The Morgan fingerprint density at radius 1 is 0.776 bits per heavy atom. The zero-order valence-corrected chi connectivity index (χ0v) is 29.8. The highest BCUT2D eigenvalue weighted by molar-refractivity contribution is 9.10. The minimum atomic E-state index is -1.21. The lowest BCUT2D eigenvalue weighted by Crippen LogP contribution is -2.57. The third-order valence-electron chi connectivity index (χ3n) is 11.9. The predicted molar refractivity (Wildman–Crippen MR) is 198 cm³/mol. The maximum absolute atomic E-state index is 15.8. The quantitative estimate of drug-likeness (QED) is 0.157. The number of carbonyl (C=O) groups is 1. The summed E-state index contributed by atoms with van der Waals surface area (Å²) in [6.45, 7) is 3.09. The second-order valence-corrected chi connectivity index (χ2v) is 16.0. The Hall–Kier alpha value is -3.45. The van der Waals surface area contributed by atoms with Crippen molar-refractivity contribution in [3.63, 3.8) is 0 Å². The molecule has 5 fully saturated rings. The molecule has 0 radical (unpaired) electrons. The van der Waals surface area contributed by atoms with E-state index in [0.29, 0.717) is 37.4 Å². The number of nitrogens with one attached hydrogen (secondary N) is 1. The molecule has 1 aliphatic heterocycles. The molecule has 3 atom stereocenters. The van der Waals surface area contributed by atoms with Gasteiger partial charge < -0.3 is 14.8 Å². The SMILES string of the molecule is O=C(OC12CC3CC(CC(C3)C1)C2)[C@](Nc1ccccc1)(c1ccccc1)[C@@H](C[C@@H](c1ccccc1)N1CCOCC1)c1ccc(Br)cc1. The topological polar surface area (TPSA) is 50.8 Å². The van der Waals surface area contributed by atoms with E-state index in [2.05, 4.69) is 117 Å². The van der Waals surface area contributed by atoms with E-state index < -0.39 is 11.1 Å². The maximum atomic E-state index is 15.8. The first-order valence-corrected chi connectivity index (χ1v) is 19.0. The molecule has 4 aromatic carbocycles. The fourth-order valence-electron chi connectivity index (χ4n) is 10.1. The molecular weight excluding hydrogens is 672 g/mol. The average molecular weight is 720 g/mol. The summed E-state index contributed by atoms with van der Waals surface area (Å²) in [5.74, 6) is 1.55. The monoisotopic (exact) mass is 718 g/mol. The molecule has 4 saturated carbocycles. The smallest absolute Gasteiger partial charge is 0.337 e. The van der Waals surface area contributed by atoms with Crippen LogP contribution in [0, 0.1) is 17.8 Å². The molecule has 0 unspecified atom stereocenters. The first kappa shape index (κ1) is 32.7. The zero-order valence-electron chi connectivity index (χ0n) is 28.2. The molecule has 0 aromatic heterocycles. The molecule has 0 amide bonds. The number of para-hydroxylation sites is 1. The molecule has 0 spiro atoms. The lowest BCUT2D eigenvalue weighted by atomic mass is 9.54. The van der Waals surface area contributed by atoms with Crippen LogP contribution in [0.2, 0.25) is 0 Å². The van der Waals surface area contributed by atoms with E-state index in [1.807, 2.05) is 24.3 Å². The van der Waals surface area contributed by atoms with Crippen molar-refractivity contribution >= 4 is 27.6 Å². The summed E-state index contributed by atoms with van der Waals surface area (Å²) >= 11 is 3.70. The van der Waals surface area contributed by atoms with Gasteiger partial charge in [-0.3, -0.25) is 4.90 Å². The highest BCUT2D eigenvalue weighted by atomic mass is 79.9. The first-order chi connectivity index (χ1) is 24.0. The van der Waals surface area contributed by atoms with Gasteiger partial charge in [0, 0.05) is 35.2 Å². The molecule has 1 heterocycles. The number of nitrogens with zero attached hydrogens (tertiary/aromatic N) is 1. The molecule has 4 bridgehead atoms. The summed E-state index contributed by atoms with van der Waals surface area (Å²) in [6.07, 6.45) is 7.56. The number of morpholine rings is 1. The van der Waals surface area contributed by atoms with Gasteiger partial charge in [-0.2, -0.15) is 0 Å². The van der Waals surface area contributed by atoms with Crippen molar-refractivity contribution in [2.45, 2.75) is 68.0 Å². The van der Waals surface area contributed by atoms with Gasteiger partial charge in [-0.25, -0.2) is 4.79 Å². The standard InChI is InChI=1S/C43H47BrN2O3/c44-37-18-16-34(17-19-37)39(27-40(35-10-4-1-5-11-35)46-20-22-48-23-21-46)43(36-12-6-2-7-13-36,45-38-14-8-3-9-15-38)41(47)49-42-28-31-24-32(29-42)26-33(25-31)30-42/h1-19,31-33,39-40,45H,20-30H2/t31?,32?,33?,39-,40-,42?,43-/m0/s1. The number of rotatable bonds is 11. The van der Waals surface area contributed by atoms with Crippen LogP contribution >= 0.6 is 15.9 Å². The summed E-state index contributed by atoms with van der Waals surface area (Å²) in [6, 6.07) is 40.1. The number of esters is 1. The van der Waals surface area contributed by atoms with E-state index >= 15 is 4.79 Å². The third-order valence-corrected chi connectivity index (χ3v) is 12.4. The Labute approximate surface area is 299 Å². The van der Waals surface area contributed by atoms with E-state index in [1.54, 1.807) is 0 Å². The molecule has 254 valence electrons. The Bertz CT molecular complexity index is 1660. The van der Waals surface area contributed by atoms with Gasteiger partial charge in [0.15, 0.2) is 5.54 Å². The Morgan fingerprint density at radius 2 is 1.33 bits per heavy atom. The fourth-order valence-corrected chi connectivity index (χ4v) is 10.4. The third kappa shape index (κ3) is 6.72. The summed E-state index contributed by atoms with van der Waals surface area (Å²) in [5.41, 5.74) is 2.58. The van der Waals surface area contributed by atoms with Crippen molar-refractivity contribution < 1.29 is 14.3 Å². The maximum Gasteiger partial charge on any atom is 0.337 e. The summed E-state index contributed by atoms with van der Waals surface area (Å²) < 4.78 is 14.0. The largest absolute Gasteiger partial charge is 0.457 e. The van der Waals surface area contributed by atoms with E-state index in [0.717, 1.165) is 53.6 Å². The normalized spacial score (nSPS) is 27.2. The van der Waals surface area contributed by atoms with Crippen LogP contribution in [0.5, 0.6) is 0 Å². The van der Waals surface area contributed by atoms with Crippen molar-refractivity contribution in [3.8, 4) is 0 Å². The van der Waals surface area contributed by atoms with Crippen molar-refractivity contribution in [1.29, 1.82) is 0 Å². The molecule has 5 aliphatic rings. The van der Waals surface area contributed by atoms with Gasteiger partial charge in [0.25, 0.3) is 0 Å². The van der Waals surface area contributed by atoms with Crippen LogP contribution in [0.25, 0.3) is 0 Å². The average Bonchev–Trinajstić information content (AvgIpc) is 3.12. The van der Waals surface area contributed by atoms with E-state index in [9.17, 15) is 0 Å². The van der Waals surface area contributed by atoms with E-state index in [4.69, 9.17) is 9.47 Å². The summed E-state index contributed by atoms with van der Waals surface area (Å²) in [7, 11) is 0. The molecule has 1 N–H and O–H groups in total. The first-order valence-electron chi connectivity index (χ1n) is 18.2. The van der Waals surface area contributed by atoms with E-state index in [-0.39, 0.29) is 17.9 Å². The second-order valence-electron chi connectivity index (χ2n) is 15.1. The number of anilines is 1. The van der Waals surface area contributed by atoms with Gasteiger partial charge >= 0.3 is 5.97 Å². The van der Waals surface area contributed by atoms with Crippen LogP contribution in [-0.4, -0.2) is 42.8 Å². The van der Waals surface area contributed by atoms with Crippen molar-refractivity contribution in [2.24, 2.45) is 17.8 Å². The summed E-state index contributed by atoms with van der Waals surface area (Å²) in [5, 5.41) is 3.93. The minimum absolute atomic E-state index is 0.0618. The van der Waals surface area contributed by atoms with Crippen LogP contribution in [0.15, 0.2) is 120 Å². The predicted octanol–water partition coefficient (Wildman–Crippen LogP) is 9.52. The number of hydrogen-bond donors (Lipinski definition) is 1. The van der Waals surface area contributed by atoms with Gasteiger partial charge in [0.1, 0.15) is 5.60 Å². The molecule has 1 saturated heterocycles. The molecule has 9 rings (SSSR count). The highest BCUT2D eigenvalue weighted by Crippen LogP contribution is 2.58. The highest BCUT2D eigenvalue weighted by Gasteiger charge is 2.57. The van der Waals surface area contributed by atoms with Gasteiger partial charge in [-0.15, -0.1) is 0 Å². The van der Waals surface area contributed by atoms with Crippen LogP contribution in [0.3, 0.4) is 0 Å². The number of benzene rings is 4. The Kier molecular flexibility index (Phi) is 9.39. The van der Waals surface area contributed by atoms with Crippen LogP contribution in [0.4, 0.5) is 5.69 Å². The molecule has 4 aromatic rings. The number of carbonyl (C=O) groups excluding carboxylic acids is 1. The van der Waals surface area contributed by atoms with Crippen molar-refractivity contribution in [1.82, 2.24) is 4.90 Å². The van der Waals surface area contributed by atoms with Gasteiger partial charge in [0.2, 0.25) is 0 Å².